The van der Waals surface area contributed by atoms with Gasteiger partial charge in [-0.1, -0.05) is 85.0 Å². The Balaban J connectivity index is 0.000000209. The molecule has 7 rings (SSSR count). The molecule has 0 amide bonds. The minimum absolute atomic E-state index is 0. The SMILES string of the molecule is Cc1cccc(C)c1-n1c(-c2[c-]oc3cc(C(C)C)ccc23)nc2ccccc21.[2H]C([2H])([2H])c1ccc(-c2[c-]cccc2)nc1.[Ir]. The molecule has 5 heteroatoms. The van der Waals surface area contributed by atoms with E-state index in [-0.39, 0.29) is 25.7 Å². The number of rotatable bonds is 4. The van der Waals surface area contributed by atoms with E-state index in [1.165, 1.54) is 22.9 Å². The fraction of sp³-hybridized carbons (Fsp3) is 0.158. The van der Waals surface area contributed by atoms with Crippen molar-refractivity contribution in [3.63, 3.8) is 0 Å². The number of fused-ring (bicyclic) bond motifs is 2. The van der Waals surface area contributed by atoms with Crippen molar-refractivity contribution in [3.8, 4) is 28.3 Å². The smallest absolute Gasteiger partial charge is 0.0774 e. The summed E-state index contributed by atoms with van der Waals surface area (Å²) in [6.07, 6.45) is 4.54. The molecule has 0 aliphatic rings. The summed E-state index contributed by atoms with van der Waals surface area (Å²) >= 11 is 0. The number of imidazole rings is 1. The van der Waals surface area contributed by atoms with Crippen molar-refractivity contribution in [1.29, 1.82) is 0 Å². The first-order valence-corrected chi connectivity index (χ1v) is 14.0. The van der Waals surface area contributed by atoms with Gasteiger partial charge in [-0.2, -0.15) is 0 Å². The molecule has 3 heterocycles. The summed E-state index contributed by atoms with van der Waals surface area (Å²) in [4.78, 5) is 9.12. The van der Waals surface area contributed by atoms with Crippen LogP contribution >= 0.6 is 0 Å². The monoisotopic (exact) mass is 743 g/mol. The van der Waals surface area contributed by atoms with Crippen molar-refractivity contribution in [2.45, 2.75) is 40.5 Å². The molecule has 0 aliphatic carbocycles. The molecule has 43 heavy (non-hydrogen) atoms. The Bertz CT molecular complexity index is 2080. The van der Waals surface area contributed by atoms with Gasteiger partial charge in [-0.15, -0.1) is 42.0 Å². The van der Waals surface area contributed by atoms with E-state index >= 15 is 0 Å². The largest absolute Gasteiger partial charge is 0.557 e. The number of hydrogen-bond acceptors (Lipinski definition) is 3. The van der Waals surface area contributed by atoms with Gasteiger partial charge in [0.25, 0.3) is 0 Å². The van der Waals surface area contributed by atoms with Crippen molar-refractivity contribution >= 4 is 22.0 Å². The number of aryl methyl sites for hydroxylation is 3. The summed E-state index contributed by atoms with van der Waals surface area (Å²) in [5, 5.41) is 1.04. The molecule has 0 spiro atoms. The van der Waals surface area contributed by atoms with Gasteiger partial charge in [0.2, 0.25) is 0 Å². The predicted molar refractivity (Wildman–Crippen MR) is 172 cm³/mol. The number of aromatic nitrogens is 3. The van der Waals surface area contributed by atoms with Crippen molar-refractivity contribution in [2.75, 3.05) is 0 Å². The summed E-state index contributed by atoms with van der Waals surface area (Å²) in [6.45, 7) is 6.58. The number of benzene rings is 4. The van der Waals surface area contributed by atoms with Gasteiger partial charge in [0, 0.05) is 47.9 Å². The van der Waals surface area contributed by atoms with E-state index in [1.54, 1.807) is 18.2 Å². The van der Waals surface area contributed by atoms with E-state index in [2.05, 4.69) is 104 Å². The van der Waals surface area contributed by atoms with Crippen LogP contribution < -0.4 is 0 Å². The first-order valence-electron chi connectivity index (χ1n) is 15.5. The number of nitrogens with zero attached hydrogens (tertiary/aromatic N) is 3. The summed E-state index contributed by atoms with van der Waals surface area (Å²) in [7, 11) is 0. The van der Waals surface area contributed by atoms with Crippen LogP contribution in [0.5, 0.6) is 0 Å². The standard InChI is InChI=1S/C26H23N2O.C12H10N.Ir/c1-16(2)19-12-13-20-21(15-29-24(20)14-19)26-27-22-10-5-6-11-23(22)28(26)25-17(3)8-7-9-18(25)4;1-10-7-8-12(13-9-10)11-5-3-2-4-6-11;/h5-14,16H,1-4H3;2-5,7-9H,1H3;/q2*-1;/i;1D3;. The average molecular weight is 743 g/mol. The van der Waals surface area contributed by atoms with Gasteiger partial charge >= 0.3 is 0 Å². The van der Waals surface area contributed by atoms with Crippen LogP contribution in [0.4, 0.5) is 0 Å². The van der Waals surface area contributed by atoms with E-state index in [0.29, 0.717) is 5.92 Å². The summed E-state index contributed by atoms with van der Waals surface area (Å²) in [5.74, 6) is 1.31. The predicted octanol–water partition coefficient (Wildman–Crippen LogP) is 9.83. The molecule has 217 valence electrons. The van der Waals surface area contributed by atoms with Gasteiger partial charge in [-0.05, 0) is 61.1 Å². The Morgan fingerprint density at radius 3 is 2.37 bits per heavy atom. The van der Waals surface area contributed by atoms with Crippen LogP contribution in [0, 0.1) is 33.0 Å². The Kier molecular flexibility index (Phi) is 7.90. The molecule has 0 saturated carbocycles. The quantitative estimate of drug-likeness (QED) is 0.169. The van der Waals surface area contributed by atoms with Crippen molar-refractivity contribution in [2.24, 2.45) is 0 Å². The molecule has 0 unspecified atom stereocenters. The number of para-hydroxylation sites is 3. The molecule has 3 aromatic heterocycles. The molecular weight excluding hydrogens is 707 g/mol. The Morgan fingerprint density at radius 2 is 1.67 bits per heavy atom. The fourth-order valence-corrected chi connectivity index (χ4v) is 5.20. The maximum Gasteiger partial charge on any atom is 0.0774 e. The minimum Gasteiger partial charge on any atom is -0.557 e. The van der Waals surface area contributed by atoms with Crippen molar-refractivity contribution < 1.29 is 28.6 Å². The Morgan fingerprint density at radius 1 is 0.884 bits per heavy atom. The molecule has 0 bridgehead atoms. The summed E-state index contributed by atoms with van der Waals surface area (Å²) in [5.41, 5.74) is 10.5. The van der Waals surface area contributed by atoms with Gasteiger partial charge in [0.15, 0.2) is 0 Å². The molecule has 0 fully saturated rings. The topological polar surface area (TPSA) is 43.9 Å². The summed E-state index contributed by atoms with van der Waals surface area (Å²) in [6, 6.07) is 34.9. The second kappa shape index (κ2) is 12.9. The summed E-state index contributed by atoms with van der Waals surface area (Å²) < 4.78 is 29.8. The zero-order valence-corrected chi connectivity index (χ0v) is 26.9. The van der Waals surface area contributed by atoms with Gasteiger partial charge in [0.05, 0.1) is 16.9 Å². The molecule has 0 atom stereocenters. The number of furan rings is 1. The van der Waals surface area contributed by atoms with E-state index < -0.39 is 6.85 Å². The van der Waals surface area contributed by atoms with Crippen LogP contribution in [-0.2, 0) is 20.1 Å². The Labute approximate surface area is 271 Å². The fourth-order valence-electron chi connectivity index (χ4n) is 5.20. The first kappa shape index (κ1) is 26.3. The van der Waals surface area contributed by atoms with Gasteiger partial charge in [0.1, 0.15) is 0 Å². The molecule has 4 nitrogen and oxygen atoms in total. The van der Waals surface area contributed by atoms with Crippen molar-refractivity contribution in [3.05, 3.63) is 138 Å². The molecule has 7 aromatic rings. The maximum atomic E-state index is 7.23. The minimum atomic E-state index is -2.09. The van der Waals surface area contributed by atoms with Gasteiger partial charge in [-0.25, -0.2) is 0 Å². The van der Waals surface area contributed by atoms with Crippen LogP contribution in [-0.4, -0.2) is 14.5 Å². The second-order valence-corrected chi connectivity index (χ2v) is 10.7. The number of hydrogen-bond donors (Lipinski definition) is 0. The molecule has 0 saturated heterocycles. The number of pyridine rings is 1. The normalized spacial score (nSPS) is 12.3. The third kappa shape index (κ3) is 6.10. The van der Waals surface area contributed by atoms with Gasteiger partial charge < -0.3 is 14.0 Å². The van der Waals surface area contributed by atoms with E-state index in [9.17, 15) is 0 Å². The van der Waals surface area contributed by atoms with Gasteiger partial charge in [-0.3, -0.25) is 4.98 Å². The average Bonchev–Trinajstić information content (AvgIpc) is 3.63. The molecule has 4 aromatic carbocycles. The third-order valence-electron chi connectivity index (χ3n) is 7.40. The van der Waals surface area contributed by atoms with E-state index in [1.807, 2.05) is 24.3 Å². The maximum absolute atomic E-state index is 7.23. The van der Waals surface area contributed by atoms with Crippen LogP contribution in [0.3, 0.4) is 0 Å². The van der Waals surface area contributed by atoms with Crippen LogP contribution in [0.15, 0.2) is 108 Å². The first-order chi connectivity index (χ1) is 21.6. The van der Waals surface area contributed by atoms with Crippen LogP contribution in [0.2, 0.25) is 0 Å². The van der Waals surface area contributed by atoms with Crippen LogP contribution in [0.1, 0.15) is 46.1 Å². The molecule has 0 N–H and O–H groups in total. The van der Waals surface area contributed by atoms with Crippen LogP contribution in [0.25, 0.3) is 50.3 Å². The Hall–Kier alpha value is -4.31. The molecule has 0 aliphatic heterocycles. The van der Waals surface area contributed by atoms with Crippen molar-refractivity contribution in [1.82, 2.24) is 14.5 Å². The third-order valence-corrected chi connectivity index (χ3v) is 7.40. The van der Waals surface area contributed by atoms with E-state index in [0.717, 1.165) is 50.3 Å². The zero-order chi connectivity index (χ0) is 31.7. The molecule has 1 radical (unpaired) electrons. The molecular formula is C38H33IrN3O-2. The zero-order valence-electron chi connectivity index (χ0n) is 27.5. The second-order valence-electron chi connectivity index (χ2n) is 10.7. The van der Waals surface area contributed by atoms with E-state index in [4.69, 9.17) is 13.5 Å².